The summed E-state index contributed by atoms with van der Waals surface area (Å²) in [6.07, 6.45) is 5.59. The van der Waals surface area contributed by atoms with E-state index in [-0.39, 0.29) is 17.7 Å². The first-order valence-corrected chi connectivity index (χ1v) is 9.57. The van der Waals surface area contributed by atoms with E-state index in [1.807, 2.05) is 43.7 Å². The molecule has 7 nitrogen and oxygen atoms in total. The summed E-state index contributed by atoms with van der Waals surface area (Å²) in [6, 6.07) is 7.59. The molecule has 0 spiro atoms. The summed E-state index contributed by atoms with van der Waals surface area (Å²) in [5, 5.41) is 10.6. The van der Waals surface area contributed by atoms with E-state index < -0.39 is 0 Å². The number of rotatable bonds is 5. The normalized spacial score (nSPS) is 19.3. The van der Waals surface area contributed by atoms with Crippen LogP contribution in [0.1, 0.15) is 37.0 Å². The zero-order valence-electron chi connectivity index (χ0n) is 16.3. The second kappa shape index (κ2) is 7.59. The highest BCUT2D eigenvalue weighted by Gasteiger charge is 2.34. The lowest BCUT2D eigenvalue weighted by atomic mass is 9.90. The molecule has 7 heteroatoms. The predicted octanol–water partition coefficient (Wildman–Crippen LogP) is 3.14. The molecule has 2 N–H and O–H groups in total. The molecule has 1 aliphatic rings. The first-order chi connectivity index (χ1) is 13.5. The van der Waals surface area contributed by atoms with Gasteiger partial charge in [0.25, 0.3) is 0 Å². The fourth-order valence-electron chi connectivity index (χ4n) is 3.55. The Morgan fingerprint density at radius 2 is 2.04 bits per heavy atom. The molecule has 4 rings (SSSR count). The van der Waals surface area contributed by atoms with Gasteiger partial charge in [0.2, 0.25) is 11.8 Å². The maximum absolute atomic E-state index is 12.8. The maximum atomic E-state index is 12.8. The van der Waals surface area contributed by atoms with E-state index in [0.717, 1.165) is 29.1 Å². The van der Waals surface area contributed by atoms with Crippen molar-refractivity contribution in [3.05, 3.63) is 54.2 Å². The molecule has 1 aromatic carbocycles. The van der Waals surface area contributed by atoms with Crippen molar-refractivity contribution in [1.82, 2.24) is 20.1 Å². The van der Waals surface area contributed by atoms with Crippen molar-refractivity contribution in [2.24, 2.45) is 13.0 Å². The Balaban J connectivity index is 1.44. The molecule has 2 aromatic heterocycles. The molecule has 3 aromatic rings. The van der Waals surface area contributed by atoms with E-state index >= 15 is 0 Å². The van der Waals surface area contributed by atoms with Crippen molar-refractivity contribution >= 4 is 11.6 Å². The second-order valence-electron chi connectivity index (χ2n) is 7.61. The van der Waals surface area contributed by atoms with E-state index in [4.69, 9.17) is 4.42 Å². The molecule has 28 heavy (non-hydrogen) atoms. The third-order valence-corrected chi connectivity index (χ3v) is 5.20. The quantitative estimate of drug-likeness (QED) is 0.711. The molecule has 1 fully saturated rings. The maximum Gasteiger partial charge on any atom is 0.229 e. The summed E-state index contributed by atoms with van der Waals surface area (Å²) in [6.45, 7) is 5.59. The van der Waals surface area contributed by atoms with Crippen LogP contribution in [-0.4, -0.2) is 33.8 Å². The number of nitrogens with one attached hydrogen (secondary N) is 2. The summed E-state index contributed by atoms with van der Waals surface area (Å²) in [5.74, 6) is 1.79. The number of nitrogens with zero attached hydrogens (tertiary/aromatic N) is 3. The van der Waals surface area contributed by atoms with Crippen LogP contribution >= 0.6 is 0 Å². The molecular weight excluding hydrogens is 354 g/mol. The van der Waals surface area contributed by atoms with Crippen molar-refractivity contribution in [2.45, 2.75) is 25.7 Å². The minimum absolute atomic E-state index is 0.0184. The lowest BCUT2D eigenvalue weighted by Gasteiger charge is -2.17. The lowest BCUT2D eigenvalue weighted by molar-refractivity contribution is -0.119. The highest BCUT2D eigenvalue weighted by atomic mass is 16.4. The van der Waals surface area contributed by atoms with Crippen molar-refractivity contribution in [3.8, 4) is 11.5 Å². The molecule has 3 heterocycles. The average Bonchev–Trinajstić information content (AvgIpc) is 3.42. The predicted molar refractivity (Wildman–Crippen MR) is 107 cm³/mol. The minimum Gasteiger partial charge on any atom is -0.441 e. The van der Waals surface area contributed by atoms with Gasteiger partial charge >= 0.3 is 0 Å². The van der Waals surface area contributed by atoms with Crippen LogP contribution in [0.25, 0.3) is 11.5 Å². The van der Waals surface area contributed by atoms with Crippen LogP contribution in [-0.2, 0) is 11.8 Å². The largest absolute Gasteiger partial charge is 0.441 e. The topological polar surface area (TPSA) is 85.0 Å². The highest BCUT2D eigenvalue weighted by Crippen LogP contribution is 2.29. The molecule has 1 saturated heterocycles. The van der Waals surface area contributed by atoms with Gasteiger partial charge < -0.3 is 15.1 Å². The van der Waals surface area contributed by atoms with Crippen LogP contribution in [0, 0.1) is 5.92 Å². The van der Waals surface area contributed by atoms with Crippen LogP contribution in [0.4, 0.5) is 5.69 Å². The van der Waals surface area contributed by atoms with Crippen LogP contribution in [0.5, 0.6) is 0 Å². The zero-order chi connectivity index (χ0) is 19.7. The number of amides is 1. The van der Waals surface area contributed by atoms with Gasteiger partial charge in [0.1, 0.15) is 5.76 Å². The Hall–Kier alpha value is -2.93. The lowest BCUT2D eigenvalue weighted by Crippen LogP contribution is -2.28. The Labute approximate surface area is 164 Å². The molecule has 0 aliphatic carbocycles. The van der Waals surface area contributed by atoms with Crippen LogP contribution in [0.15, 0.2) is 47.3 Å². The third kappa shape index (κ3) is 3.71. The minimum atomic E-state index is -0.121. The molecule has 1 aliphatic heterocycles. The molecule has 0 unspecified atom stereocenters. The fourth-order valence-corrected chi connectivity index (χ4v) is 3.55. The van der Waals surface area contributed by atoms with Crippen molar-refractivity contribution in [3.63, 3.8) is 0 Å². The van der Waals surface area contributed by atoms with E-state index in [1.165, 1.54) is 0 Å². The number of aryl methyl sites for hydroxylation is 1. The molecule has 0 radical (unpaired) electrons. The number of carbonyl (C=O) groups is 1. The van der Waals surface area contributed by atoms with Gasteiger partial charge in [0, 0.05) is 49.4 Å². The second-order valence-corrected chi connectivity index (χ2v) is 7.61. The fraction of sp³-hybridized carbons (Fsp3) is 0.381. The van der Waals surface area contributed by atoms with Gasteiger partial charge in [-0.3, -0.25) is 9.48 Å². The van der Waals surface area contributed by atoms with Crippen molar-refractivity contribution in [1.29, 1.82) is 0 Å². The molecule has 1 amide bonds. The Morgan fingerprint density at radius 3 is 2.68 bits per heavy atom. The van der Waals surface area contributed by atoms with Gasteiger partial charge in [-0.2, -0.15) is 5.10 Å². The van der Waals surface area contributed by atoms with Crippen LogP contribution in [0.2, 0.25) is 0 Å². The summed E-state index contributed by atoms with van der Waals surface area (Å²) in [7, 11) is 1.89. The standard InChI is InChI=1S/C21H25N5O2/c1-13(2)19-11-23-21(28-19)14-4-6-16(7-5-14)25-20(27)18-10-22-9-17(18)15-8-24-26(3)12-15/h4-8,11-13,17-18,22H,9-10H2,1-3H3,(H,25,27)/t17-,18+/m1/s1. The first kappa shape index (κ1) is 18.4. The molecule has 2 atom stereocenters. The summed E-state index contributed by atoms with van der Waals surface area (Å²) < 4.78 is 7.56. The van der Waals surface area contributed by atoms with E-state index in [0.29, 0.717) is 18.4 Å². The number of hydrogen-bond acceptors (Lipinski definition) is 5. The number of hydrogen-bond donors (Lipinski definition) is 2. The van der Waals surface area contributed by atoms with E-state index in [9.17, 15) is 4.79 Å². The highest BCUT2D eigenvalue weighted by molar-refractivity contribution is 5.93. The molecule has 146 valence electrons. The van der Waals surface area contributed by atoms with E-state index in [1.54, 1.807) is 10.9 Å². The summed E-state index contributed by atoms with van der Waals surface area (Å²) >= 11 is 0. The Bertz CT molecular complexity index is 957. The van der Waals surface area contributed by atoms with Crippen LogP contribution < -0.4 is 10.6 Å². The number of benzene rings is 1. The summed E-state index contributed by atoms with van der Waals surface area (Å²) in [5.41, 5.74) is 2.75. The Kier molecular flexibility index (Phi) is 5.00. The molecular formula is C21H25N5O2. The first-order valence-electron chi connectivity index (χ1n) is 9.57. The SMILES string of the molecule is CC(C)c1cnc(-c2ccc(NC(=O)[C@H]3CNC[C@@H]3c3cnn(C)c3)cc2)o1. The van der Waals surface area contributed by atoms with Gasteiger partial charge in [-0.25, -0.2) is 4.98 Å². The van der Waals surface area contributed by atoms with Gasteiger partial charge in [0.15, 0.2) is 0 Å². The molecule has 0 bridgehead atoms. The van der Waals surface area contributed by atoms with Crippen LogP contribution in [0.3, 0.4) is 0 Å². The number of aromatic nitrogens is 3. The van der Waals surface area contributed by atoms with Crippen molar-refractivity contribution < 1.29 is 9.21 Å². The smallest absolute Gasteiger partial charge is 0.229 e. The number of oxazole rings is 1. The monoisotopic (exact) mass is 379 g/mol. The average molecular weight is 379 g/mol. The molecule has 0 saturated carbocycles. The van der Waals surface area contributed by atoms with E-state index in [2.05, 4.69) is 34.6 Å². The van der Waals surface area contributed by atoms with Crippen molar-refractivity contribution in [2.75, 3.05) is 18.4 Å². The Morgan fingerprint density at radius 1 is 1.25 bits per heavy atom. The van der Waals surface area contributed by atoms with Gasteiger partial charge in [0.05, 0.1) is 18.3 Å². The zero-order valence-corrected chi connectivity index (χ0v) is 16.3. The summed E-state index contributed by atoms with van der Waals surface area (Å²) in [4.78, 5) is 17.2. The third-order valence-electron chi connectivity index (χ3n) is 5.20. The van der Waals surface area contributed by atoms with Gasteiger partial charge in [-0.15, -0.1) is 0 Å². The number of carbonyl (C=O) groups excluding carboxylic acids is 1. The van der Waals surface area contributed by atoms with Gasteiger partial charge in [-0.1, -0.05) is 13.8 Å². The number of anilines is 1. The van der Waals surface area contributed by atoms with Gasteiger partial charge in [-0.05, 0) is 29.8 Å².